The van der Waals surface area contributed by atoms with Crippen molar-refractivity contribution in [3.8, 4) is 5.75 Å². The van der Waals surface area contributed by atoms with E-state index in [1.165, 1.54) is 17.8 Å². The van der Waals surface area contributed by atoms with Crippen molar-refractivity contribution < 1.29 is 9.53 Å². The van der Waals surface area contributed by atoms with E-state index in [9.17, 15) is 9.59 Å². The van der Waals surface area contributed by atoms with Gasteiger partial charge in [-0.15, -0.1) is 11.3 Å². The Labute approximate surface area is 197 Å². The summed E-state index contributed by atoms with van der Waals surface area (Å²) in [6.45, 7) is 4.74. The molecule has 1 saturated heterocycles. The van der Waals surface area contributed by atoms with Gasteiger partial charge in [0.1, 0.15) is 16.0 Å². The Morgan fingerprint density at radius 2 is 1.76 bits per heavy atom. The van der Waals surface area contributed by atoms with E-state index >= 15 is 0 Å². The zero-order valence-electron chi connectivity index (χ0n) is 19.2. The van der Waals surface area contributed by atoms with Crippen molar-refractivity contribution in [2.75, 3.05) is 38.2 Å². The molecule has 174 valence electrons. The predicted octanol–water partition coefficient (Wildman–Crippen LogP) is 4.24. The Morgan fingerprint density at radius 3 is 2.42 bits per heavy atom. The van der Waals surface area contributed by atoms with Gasteiger partial charge in [-0.3, -0.25) is 14.2 Å². The van der Waals surface area contributed by atoms with Gasteiger partial charge in [-0.2, -0.15) is 0 Å². The molecular formula is C25H30N4O3S. The first-order valence-electron chi connectivity index (χ1n) is 11.8. The summed E-state index contributed by atoms with van der Waals surface area (Å²) >= 11 is 1.41. The number of methoxy groups -OCH3 is 1. The molecule has 0 radical (unpaired) electrons. The number of rotatable bonds is 4. The number of aryl methyl sites for hydroxylation is 1. The van der Waals surface area contributed by atoms with Crippen molar-refractivity contribution in [3.63, 3.8) is 0 Å². The van der Waals surface area contributed by atoms with Crippen molar-refractivity contribution in [2.24, 2.45) is 0 Å². The molecule has 0 atom stereocenters. The lowest BCUT2D eigenvalue weighted by atomic mass is 9.95. The minimum Gasteiger partial charge on any atom is -0.497 e. The second kappa shape index (κ2) is 9.17. The van der Waals surface area contributed by atoms with Gasteiger partial charge in [0.05, 0.1) is 19.0 Å². The molecule has 1 aliphatic heterocycles. The summed E-state index contributed by atoms with van der Waals surface area (Å²) in [5, 5.41) is 0. The highest BCUT2D eigenvalue weighted by Gasteiger charge is 2.28. The molecule has 1 amide bonds. The van der Waals surface area contributed by atoms with Gasteiger partial charge in [0.15, 0.2) is 0 Å². The lowest BCUT2D eigenvalue weighted by molar-refractivity contribution is 0.0748. The van der Waals surface area contributed by atoms with Crippen LogP contribution in [0.3, 0.4) is 0 Å². The lowest BCUT2D eigenvalue weighted by Crippen LogP contribution is -2.48. The highest BCUT2D eigenvalue weighted by molar-refractivity contribution is 7.19. The summed E-state index contributed by atoms with van der Waals surface area (Å²) < 4.78 is 7.66. The smallest absolute Gasteiger partial charge is 0.271 e. The van der Waals surface area contributed by atoms with Gasteiger partial charge in [-0.1, -0.05) is 19.3 Å². The molecule has 0 N–H and O–H groups in total. The molecule has 3 aromatic rings. The zero-order chi connectivity index (χ0) is 22.9. The number of fused-ring (bicyclic) bond motifs is 1. The molecule has 2 aliphatic rings. The molecule has 8 heteroatoms. The van der Waals surface area contributed by atoms with Crippen LogP contribution in [0.1, 0.15) is 53.4 Å². The summed E-state index contributed by atoms with van der Waals surface area (Å²) in [6, 6.07) is 8.25. The maximum atomic E-state index is 13.5. The minimum absolute atomic E-state index is 0.00313. The number of piperazine rings is 1. The normalized spacial score (nSPS) is 17.5. The van der Waals surface area contributed by atoms with E-state index in [0.29, 0.717) is 28.9 Å². The third-order valence-corrected chi connectivity index (χ3v) is 8.07. The summed E-state index contributed by atoms with van der Waals surface area (Å²) in [7, 11) is 1.66. The lowest BCUT2D eigenvalue weighted by Gasteiger charge is -2.36. The van der Waals surface area contributed by atoms with Crippen LogP contribution in [0.4, 0.5) is 5.69 Å². The van der Waals surface area contributed by atoms with Gasteiger partial charge >= 0.3 is 0 Å². The van der Waals surface area contributed by atoms with Crippen molar-refractivity contribution in [1.82, 2.24) is 14.5 Å². The molecule has 33 heavy (non-hydrogen) atoms. The standard InChI is InChI=1S/C25H30N4O3S/c1-17-21(22-23(33-17)25(31)29(16-26-22)19-6-4-3-5-7-19)24(30)28-14-12-27(13-15-28)18-8-10-20(32-2)11-9-18/h8-11,16,19H,3-7,12-15H2,1-2H3. The largest absolute Gasteiger partial charge is 0.497 e. The number of anilines is 1. The molecule has 2 aromatic heterocycles. The summed E-state index contributed by atoms with van der Waals surface area (Å²) in [5.41, 5.74) is 2.30. The first-order chi connectivity index (χ1) is 16.1. The average molecular weight is 467 g/mol. The van der Waals surface area contributed by atoms with Gasteiger partial charge in [0, 0.05) is 42.8 Å². The van der Waals surface area contributed by atoms with Crippen LogP contribution >= 0.6 is 11.3 Å². The van der Waals surface area contributed by atoms with Crippen LogP contribution in [-0.2, 0) is 0 Å². The van der Waals surface area contributed by atoms with Gasteiger partial charge in [0.2, 0.25) is 0 Å². The maximum Gasteiger partial charge on any atom is 0.271 e. The number of thiophene rings is 1. The molecule has 0 spiro atoms. The number of hydrogen-bond donors (Lipinski definition) is 0. The molecule has 2 fully saturated rings. The van der Waals surface area contributed by atoms with Crippen LogP contribution in [0.2, 0.25) is 0 Å². The summed E-state index contributed by atoms with van der Waals surface area (Å²) in [4.78, 5) is 36.4. The third-order valence-electron chi connectivity index (χ3n) is 6.99. The molecule has 1 aromatic carbocycles. The van der Waals surface area contributed by atoms with Crippen LogP contribution in [-0.4, -0.2) is 53.6 Å². The summed E-state index contributed by atoms with van der Waals surface area (Å²) in [5.74, 6) is 0.817. The van der Waals surface area contributed by atoms with E-state index in [2.05, 4.69) is 9.88 Å². The van der Waals surface area contributed by atoms with Crippen molar-refractivity contribution in [1.29, 1.82) is 0 Å². The van der Waals surface area contributed by atoms with E-state index in [-0.39, 0.29) is 17.5 Å². The van der Waals surface area contributed by atoms with Gasteiger partial charge in [-0.25, -0.2) is 4.98 Å². The van der Waals surface area contributed by atoms with E-state index in [0.717, 1.165) is 55.1 Å². The first kappa shape index (κ1) is 21.9. The van der Waals surface area contributed by atoms with Crippen LogP contribution in [0, 0.1) is 6.92 Å². The van der Waals surface area contributed by atoms with Crippen LogP contribution in [0.15, 0.2) is 35.4 Å². The van der Waals surface area contributed by atoms with Crippen molar-refractivity contribution >= 4 is 33.1 Å². The quantitative estimate of drug-likeness (QED) is 0.575. The molecule has 3 heterocycles. The van der Waals surface area contributed by atoms with Crippen LogP contribution in [0.5, 0.6) is 5.75 Å². The second-order valence-corrected chi connectivity index (χ2v) is 10.2. The molecule has 0 bridgehead atoms. The fourth-order valence-electron chi connectivity index (χ4n) is 5.08. The van der Waals surface area contributed by atoms with E-state index in [4.69, 9.17) is 4.74 Å². The first-order valence-corrected chi connectivity index (χ1v) is 12.6. The Hall–Kier alpha value is -2.87. The molecule has 0 unspecified atom stereocenters. The van der Waals surface area contributed by atoms with Gasteiger partial charge in [-0.05, 0) is 44.0 Å². The Bertz CT molecular complexity index is 1200. The van der Waals surface area contributed by atoms with E-state index in [1.807, 2.05) is 36.1 Å². The molecule has 5 rings (SSSR count). The highest BCUT2D eigenvalue weighted by atomic mass is 32.1. The van der Waals surface area contributed by atoms with Gasteiger partial charge in [0.25, 0.3) is 11.5 Å². The SMILES string of the molecule is COc1ccc(N2CCN(C(=O)c3c(C)sc4c(=O)n(C5CCCCC5)cnc34)CC2)cc1. The Kier molecular flexibility index (Phi) is 6.10. The van der Waals surface area contributed by atoms with E-state index in [1.54, 1.807) is 18.0 Å². The maximum absolute atomic E-state index is 13.5. The number of hydrogen-bond acceptors (Lipinski definition) is 6. The Balaban J connectivity index is 1.34. The Morgan fingerprint density at radius 1 is 1.06 bits per heavy atom. The number of carbonyl (C=O) groups is 1. The van der Waals surface area contributed by atoms with Crippen molar-refractivity contribution in [3.05, 3.63) is 51.4 Å². The van der Waals surface area contributed by atoms with E-state index < -0.39 is 0 Å². The zero-order valence-corrected chi connectivity index (χ0v) is 20.1. The minimum atomic E-state index is -0.0181. The molecular weight excluding hydrogens is 436 g/mol. The summed E-state index contributed by atoms with van der Waals surface area (Å²) in [6.07, 6.45) is 7.29. The number of benzene rings is 1. The van der Waals surface area contributed by atoms with Crippen LogP contribution in [0.25, 0.3) is 10.2 Å². The average Bonchev–Trinajstić information content (AvgIpc) is 3.21. The topological polar surface area (TPSA) is 67.7 Å². The molecule has 7 nitrogen and oxygen atoms in total. The number of amides is 1. The monoisotopic (exact) mass is 466 g/mol. The number of nitrogens with zero attached hydrogens (tertiary/aromatic N) is 4. The van der Waals surface area contributed by atoms with Crippen molar-refractivity contribution in [2.45, 2.75) is 45.1 Å². The third kappa shape index (κ3) is 4.12. The second-order valence-electron chi connectivity index (χ2n) is 8.94. The van der Waals surface area contributed by atoms with Gasteiger partial charge < -0.3 is 14.5 Å². The molecule has 1 aliphatic carbocycles. The number of aromatic nitrogens is 2. The number of carbonyl (C=O) groups excluding carboxylic acids is 1. The predicted molar refractivity (Wildman–Crippen MR) is 132 cm³/mol. The highest BCUT2D eigenvalue weighted by Crippen LogP contribution is 2.31. The fourth-order valence-corrected chi connectivity index (χ4v) is 6.12. The molecule has 1 saturated carbocycles. The van der Waals surface area contributed by atoms with Crippen LogP contribution < -0.4 is 15.2 Å². The number of ether oxygens (including phenoxy) is 1. The fraction of sp³-hybridized carbons (Fsp3) is 0.480.